The lowest BCUT2D eigenvalue weighted by Gasteiger charge is -2.37. The molecule has 2 heteroatoms. The van der Waals surface area contributed by atoms with Gasteiger partial charge in [-0.05, 0) is 74.2 Å². The van der Waals surface area contributed by atoms with E-state index in [-0.39, 0.29) is 5.41 Å². The standard InChI is InChI=1S/C42H51N2/c1-26(2)31-16-13-17-32(27(3)4)39(31)43-23-24-44(40-33(28(5)6)18-14-19-34(40)29(7)8)41(43)30-21-22-38-36(25-30)35-15-11-12-20-37(35)42(38,9)10/h11-22,25-29H,23-24H2,1-10H3. The van der Waals surface area contributed by atoms with Crippen molar-refractivity contribution in [3.8, 4) is 11.1 Å². The van der Waals surface area contributed by atoms with Gasteiger partial charge >= 0.3 is 0 Å². The minimum absolute atomic E-state index is 0.00567. The van der Waals surface area contributed by atoms with Gasteiger partial charge in [-0.3, -0.25) is 0 Å². The zero-order valence-electron chi connectivity index (χ0n) is 28.6. The quantitative estimate of drug-likeness (QED) is 0.213. The van der Waals surface area contributed by atoms with Gasteiger partial charge in [-0.25, -0.2) is 0 Å². The highest BCUT2D eigenvalue weighted by molar-refractivity contribution is 5.83. The third-order valence-electron chi connectivity index (χ3n) is 10.1. The molecule has 0 unspecified atom stereocenters. The molecule has 0 amide bonds. The van der Waals surface area contributed by atoms with E-state index in [1.54, 1.807) is 0 Å². The fraction of sp³-hybridized carbons (Fsp3) is 0.405. The minimum atomic E-state index is -0.00567. The van der Waals surface area contributed by atoms with Crippen LogP contribution < -0.4 is 9.80 Å². The molecule has 2 aliphatic rings. The van der Waals surface area contributed by atoms with Crippen molar-refractivity contribution >= 4 is 11.4 Å². The van der Waals surface area contributed by atoms with Crippen LogP contribution in [0, 0.1) is 6.17 Å². The molecule has 0 bridgehead atoms. The molecular formula is C42H51N2. The number of hydrogen-bond donors (Lipinski definition) is 0. The first-order valence-electron chi connectivity index (χ1n) is 16.9. The van der Waals surface area contributed by atoms with Crippen molar-refractivity contribution in [1.29, 1.82) is 0 Å². The molecule has 6 rings (SSSR count). The summed E-state index contributed by atoms with van der Waals surface area (Å²) in [4.78, 5) is 5.36. The second-order valence-corrected chi connectivity index (χ2v) is 14.7. The SMILES string of the molecule is CC(C)c1cccc(C(C)C)c1N1CCN(c2c(C(C)C)cccc2C(C)C)[C]1c1ccc2c(c1)-c1ccccc1C2(C)C. The number of anilines is 2. The van der Waals surface area contributed by atoms with E-state index in [1.165, 1.54) is 67.6 Å². The summed E-state index contributed by atoms with van der Waals surface area (Å²) >= 11 is 0. The van der Waals surface area contributed by atoms with Crippen LogP contribution in [-0.4, -0.2) is 13.1 Å². The lowest BCUT2D eigenvalue weighted by Crippen LogP contribution is -2.34. The zero-order chi connectivity index (χ0) is 31.5. The number of fused-ring (bicyclic) bond motifs is 3. The Morgan fingerprint density at radius 2 is 0.932 bits per heavy atom. The maximum atomic E-state index is 2.68. The topological polar surface area (TPSA) is 6.48 Å². The van der Waals surface area contributed by atoms with Crippen molar-refractivity contribution in [3.05, 3.63) is 124 Å². The molecule has 4 aromatic carbocycles. The average molecular weight is 584 g/mol. The molecule has 0 spiro atoms. The normalized spacial score (nSPS) is 16.1. The number of rotatable bonds is 7. The summed E-state index contributed by atoms with van der Waals surface area (Å²) in [5.41, 5.74) is 15.5. The molecular weight excluding hydrogens is 532 g/mol. The Morgan fingerprint density at radius 3 is 1.39 bits per heavy atom. The van der Waals surface area contributed by atoms with Crippen LogP contribution in [-0.2, 0) is 5.41 Å². The molecule has 0 atom stereocenters. The minimum Gasteiger partial charge on any atom is -0.339 e. The van der Waals surface area contributed by atoms with Gasteiger partial charge in [0.1, 0.15) is 0 Å². The van der Waals surface area contributed by atoms with Gasteiger partial charge in [-0.2, -0.15) is 0 Å². The molecule has 0 saturated carbocycles. The van der Waals surface area contributed by atoms with Gasteiger partial charge < -0.3 is 9.80 Å². The summed E-state index contributed by atoms with van der Waals surface area (Å²) in [6.07, 6.45) is 1.32. The second kappa shape index (κ2) is 11.4. The van der Waals surface area contributed by atoms with Gasteiger partial charge in [-0.15, -0.1) is 0 Å². The first-order valence-corrected chi connectivity index (χ1v) is 16.9. The monoisotopic (exact) mass is 583 g/mol. The maximum Gasteiger partial charge on any atom is 0.187 e. The molecule has 1 saturated heterocycles. The predicted molar refractivity (Wildman–Crippen MR) is 190 cm³/mol. The highest BCUT2D eigenvalue weighted by Gasteiger charge is 2.42. The molecule has 1 aliphatic heterocycles. The van der Waals surface area contributed by atoms with E-state index < -0.39 is 0 Å². The third-order valence-corrected chi connectivity index (χ3v) is 10.1. The van der Waals surface area contributed by atoms with E-state index in [4.69, 9.17) is 0 Å². The van der Waals surface area contributed by atoms with E-state index in [2.05, 4.69) is 158 Å². The average Bonchev–Trinajstić information content (AvgIpc) is 3.53. The molecule has 0 N–H and O–H groups in total. The molecule has 1 aliphatic carbocycles. The van der Waals surface area contributed by atoms with Gasteiger partial charge in [0.2, 0.25) is 0 Å². The van der Waals surface area contributed by atoms with Crippen LogP contribution in [0.4, 0.5) is 11.4 Å². The number of benzene rings is 4. The summed E-state index contributed by atoms with van der Waals surface area (Å²) in [7, 11) is 0. The fourth-order valence-electron chi connectivity index (χ4n) is 7.81. The van der Waals surface area contributed by atoms with Crippen molar-refractivity contribution in [2.24, 2.45) is 0 Å². The highest BCUT2D eigenvalue weighted by Crippen LogP contribution is 2.51. The Morgan fingerprint density at radius 1 is 0.500 bits per heavy atom. The molecule has 1 heterocycles. The Balaban J connectivity index is 1.62. The lowest BCUT2D eigenvalue weighted by atomic mass is 9.82. The number of nitrogens with zero attached hydrogens (tertiary/aromatic N) is 2. The molecule has 1 radical (unpaired) electrons. The molecule has 4 aromatic rings. The highest BCUT2D eigenvalue weighted by atomic mass is 15.4. The van der Waals surface area contributed by atoms with Crippen molar-refractivity contribution in [2.75, 3.05) is 22.9 Å². The van der Waals surface area contributed by atoms with Crippen LogP contribution in [0.2, 0.25) is 0 Å². The Bertz CT molecular complexity index is 1550. The zero-order valence-corrected chi connectivity index (χ0v) is 28.6. The summed E-state index contributed by atoms with van der Waals surface area (Å²) in [5, 5.41) is 0. The van der Waals surface area contributed by atoms with Crippen LogP contribution in [0.25, 0.3) is 11.1 Å². The van der Waals surface area contributed by atoms with Gasteiger partial charge in [0.15, 0.2) is 6.17 Å². The largest absolute Gasteiger partial charge is 0.339 e. The van der Waals surface area contributed by atoms with Crippen LogP contribution >= 0.6 is 0 Å². The first-order chi connectivity index (χ1) is 20.9. The second-order valence-electron chi connectivity index (χ2n) is 14.7. The van der Waals surface area contributed by atoms with Crippen molar-refractivity contribution in [3.63, 3.8) is 0 Å². The molecule has 1 fully saturated rings. The number of hydrogen-bond acceptors (Lipinski definition) is 2. The molecule has 2 nitrogen and oxygen atoms in total. The van der Waals surface area contributed by atoms with Gasteiger partial charge in [-0.1, -0.05) is 142 Å². The summed E-state index contributed by atoms with van der Waals surface area (Å²) in [5.74, 6) is 1.73. The smallest absolute Gasteiger partial charge is 0.187 e. The first kappa shape index (κ1) is 30.5. The maximum absolute atomic E-state index is 2.68. The van der Waals surface area contributed by atoms with E-state index >= 15 is 0 Å². The third kappa shape index (κ3) is 4.86. The van der Waals surface area contributed by atoms with E-state index in [0.29, 0.717) is 23.7 Å². The Kier molecular flexibility index (Phi) is 7.93. The molecule has 44 heavy (non-hydrogen) atoms. The summed E-state index contributed by atoms with van der Waals surface area (Å²) in [6, 6.07) is 30.3. The summed E-state index contributed by atoms with van der Waals surface area (Å²) < 4.78 is 0. The van der Waals surface area contributed by atoms with E-state index in [1.807, 2.05) is 0 Å². The summed E-state index contributed by atoms with van der Waals surface area (Å²) in [6.45, 7) is 25.4. The fourth-order valence-corrected chi connectivity index (χ4v) is 7.81. The van der Waals surface area contributed by atoms with Gasteiger partial charge in [0, 0.05) is 35.4 Å². The van der Waals surface area contributed by atoms with Gasteiger partial charge in [0.25, 0.3) is 0 Å². The Hall–Kier alpha value is -3.52. The van der Waals surface area contributed by atoms with Crippen LogP contribution in [0.15, 0.2) is 78.9 Å². The molecule has 0 aromatic heterocycles. The van der Waals surface area contributed by atoms with Crippen molar-refractivity contribution < 1.29 is 0 Å². The van der Waals surface area contributed by atoms with E-state index in [9.17, 15) is 0 Å². The van der Waals surface area contributed by atoms with Crippen molar-refractivity contribution in [1.82, 2.24) is 0 Å². The van der Waals surface area contributed by atoms with E-state index in [0.717, 1.165) is 13.1 Å². The lowest BCUT2D eigenvalue weighted by molar-refractivity contribution is 0.660. The van der Waals surface area contributed by atoms with Crippen LogP contribution in [0.5, 0.6) is 0 Å². The van der Waals surface area contributed by atoms with Crippen LogP contribution in [0.3, 0.4) is 0 Å². The number of para-hydroxylation sites is 2. The molecule has 229 valence electrons. The van der Waals surface area contributed by atoms with Crippen molar-refractivity contribution in [2.45, 2.75) is 98.3 Å². The predicted octanol–water partition coefficient (Wildman–Crippen LogP) is 11.4. The Labute approximate surface area is 267 Å². The van der Waals surface area contributed by atoms with Crippen LogP contribution in [0.1, 0.15) is 132 Å². The van der Waals surface area contributed by atoms with Gasteiger partial charge in [0.05, 0.1) is 0 Å².